The summed E-state index contributed by atoms with van der Waals surface area (Å²) in [7, 11) is -4.49. The maximum Gasteiger partial charge on any atom is 0.271 e. The molecule has 1 N–H and O–H groups in total. The first-order valence-electron chi connectivity index (χ1n) is 12.4. The fourth-order valence-corrected chi connectivity index (χ4v) is 6.08. The van der Waals surface area contributed by atoms with Gasteiger partial charge in [0.15, 0.2) is 6.23 Å². The van der Waals surface area contributed by atoms with Crippen molar-refractivity contribution < 1.29 is 27.8 Å². The number of rotatable bonds is 9. The number of carbonyl (C=O) groups excluding carboxylic acids is 1. The molecule has 0 bridgehead atoms. The highest BCUT2D eigenvalue weighted by Crippen LogP contribution is 2.41. The van der Waals surface area contributed by atoms with E-state index in [0.717, 1.165) is 11.6 Å². The molecule has 1 unspecified atom stereocenters. The Bertz CT molecular complexity index is 1700. The number of carbonyl (C=O) groups is 1. The fraction of sp³-hybridized carbons (Fsp3) is 0.250. The van der Waals surface area contributed by atoms with Crippen molar-refractivity contribution in [3.63, 3.8) is 0 Å². The van der Waals surface area contributed by atoms with E-state index >= 15 is 0 Å². The lowest BCUT2D eigenvalue weighted by Gasteiger charge is -2.21. The van der Waals surface area contributed by atoms with Crippen molar-refractivity contribution >= 4 is 21.6 Å². The zero-order valence-electron chi connectivity index (χ0n) is 21.4. The standard InChI is InChI=1S/C28H27N3O7S/c1-18(2)21-14-20(38-13-12-37-17-19-8-4-3-5-9-19)15-23-26(21)28(34)31(39(23,35)36)27(33)22-16-25(32)30-11-7-6-10-24(30)29-22/h3-11,14-16,18,27,33H,12-13,17H2,1-2H3. The van der Waals surface area contributed by atoms with Crippen LogP contribution in [-0.2, 0) is 21.4 Å². The van der Waals surface area contributed by atoms with E-state index in [0.29, 0.717) is 16.5 Å². The van der Waals surface area contributed by atoms with Crippen LogP contribution in [0, 0.1) is 0 Å². The highest BCUT2D eigenvalue weighted by molar-refractivity contribution is 7.90. The number of hydrogen-bond donors (Lipinski definition) is 1. The summed E-state index contributed by atoms with van der Waals surface area (Å²) in [6.07, 6.45) is -0.499. The topological polar surface area (TPSA) is 128 Å². The number of hydrogen-bond acceptors (Lipinski definition) is 8. The Morgan fingerprint density at radius 2 is 1.72 bits per heavy atom. The number of aliphatic hydroxyl groups is 1. The van der Waals surface area contributed by atoms with Crippen LogP contribution in [-0.4, -0.2) is 46.3 Å². The monoisotopic (exact) mass is 549 g/mol. The number of aliphatic hydroxyl groups excluding tert-OH is 1. The van der Waals surface area contributed by atoms with Crippen molar-refractivity contribution in [3.8, 4) is 5.75 Å². The molecular formula is C28H27N3O7S. The average Bonchev–Trinajstić information content (AvgIpc) is 3.12. The van der Waals surface area contributed by atoms with Gasteiger partial charge in [-0.25, -0.2) is 13.4 Å². The normalized spacial score (nSPS) is 15.1. The lowest BCUT2D eigenvalue weighted by Crippen LogP contribution is -2.35. The Morgan fingerprint density at radius 3 is 2.46 bits per heavy atom. The van der Waals surface area contributed by atoms with E-state index in [4.69, 9.17) is 9.47 Å². The molecule has 1 atom stereocenters. The number of benzene rings is 2. The molecule has 202 valence electrons. The molecule has 0 saturated heterocycles. The summed E-state index contributed by atoms with van der Waals surface area (Å²) in [5.74, 6) is -0.860. The highest BCUT2D eigenvalue weighted by Gasteiger charge is 2.47. The van der Waals surface area contributed by atoms with Crippen LogP contribution in [0.3, 0.4) is 0 Å². The van der Waals surface area contributed by atoms with Gasteiger partial charge in [0.05, 0.1) is 24.5 Å². The van der Waals surface area contributed by atoms with Gasteiger partial charge in [-0.15, -0.1) is 0 Å². The maximum atomic E-state index is 13.6. The van der Waals surface area contributed by atoms with Gasteiger partial charge in [0.25, 0.3) is 21.5 Å². The third-order valence-electron chi connectivity index (χ3n) is 6.36. The minimum absolute atomic E-state index is 0.0331. The van der Waals surface area contributed by atoms with Gasteiger partial charge in [-0.3, -0.25) is 14.0 Å². The number of fused-ring (bicyclic) bond motifs is 2. The van der Waals surface area contributed by atoms with Gasteiger partial charge in [0, 0.05) is 18.3 Å². The molecule has 4 aromatic rings. The zero-order valence-corrected chi connectivity index (χ0v) is 22.2. The zero-order chi connectivity index (χ0) is 27.7. The Labute approximate surface area is 225 Å². The quantitative estimate of drug-likeness (QED) is 0.315. The average molecular weight is 550 g/mol. The van der Waals surface area contributed by atoms with Crippen LogP contribution >= 0.6 is 0 Å². The molecule has 0 spiro atoms. The fourth-order valence-electron chi connectivity index (χ4n) is 4.46. The Balaban J connectivity index is 1.41. The first-order valence-corrected chi connectivity index (χ1v) is 13.8. The molecule has 2 aromatic heterocycles. The van der Waals surface area contributed by atoms with E-state index in [-0.39, 0.29) is 46.7 Å². The molecule has 39 heavy (non-hydrogen) atoms. The van der Waals surface area contributed by atoms with Crippen LogP contribution in [0.4, 0.5) is 0 Å². The number of aromatic nitrogens is 2. The Kier molecular flexibility index (Phi) is 7.21. The second-order valence-electron chi connectivity index (χ2n) is 9.35. The van der Waals surface area contributed by atoms with Crippen LogP contribution in [0.2, 0.25) is 0 Å². The van der Waals surface area contributed by atoms with Gasteiger partial charge in [0.2, 0.25) is 0 Å². The van der Waals surface area contributed by atoms with Crippen molar-refractivity contribution in [3.05, 3.63) is 106 Å². The smallest absolute Gasteiger partial charge is 0.271 e. The molecule has 11 heteroatoms. The summed E-state index contributed by atoms with van der Waals surface area (Å²) < 4.78 is 40.2. The Morgan fingerprint density at radius 1 is 0.974 bits per heavy atom. The van der Waals surface area contributed by atoms with E-state index in [9.17, 15) is 23.1 Å². The second kappa shape index (κ2) is 10.6. The second-order valence-corrected chi connectivity index (χ2v) is 11.1. The molecule has 1 aliphatic rings. The first kappa shape index (κ1) is 26.5. The molecule has 0 aliphatic carbocycles. The van der Waals surface area contributed by atoms with Crippen molar-refractivity contribution in [2.75, 3.05) is 13.2 Å². The van der Waals surface area contributed by atoms with E-state index in [1.165, 1.54) is 22.7 Å². The van der Waals surface area contributed by atoms with Crippen molar-refractivity contribution in [1.82, 2.24) is 13.7 Å². The van der Waals surface area contributed by atoms with Crippen LogP contribution in [0.25, 0.3) is 5.65 Å². The minimum atomic E-state index is -4.49. The lowest BCUT2D eigenvalue weighted by molar-refractivity contribution is 0.0436. The largest absolute Gasteiger partial charge is 0.491 e. The van der Waals surface area contributed by atoms with Gasteiger partial charge < -0.3 is 14.6 Å². The number of sulfonamides is 1. The van der Waals surface area contributed by atoms with Gasteiger partial charge in [0.1, 0.15) is 22.9 Å². The summed E-state index contributed by atoms with van der Waals surface area (Å²) in [5.41, 5.74) is 0.868. The summed E-state index contributed by atoms with van der Waals surface area (Å²) >= 11 is 0. The van der Waals surface area contributed by atoms with Gasteiger partial charge >= 0.3 is 0 Å². The van der Waals surface area contributed by atoms with E-state index < -0.39 is 27.7 Å². The first-order chi connectivity index (χ1) is 18.7. The summed E-state index contributed by atoms with van der Waals surface area (Å²) in [4.78, 5) is 29.9. The number of pyridine rings is 1. The third kappa shape index (κ3) is 5.03. The van der Waals surface area contributed by atoms with E-state index in [2.05, 4.69) is 4.98 Å². The van der Waals surface area contributed by atoms with Crippen molar-refractivity contribution in [2.45, 2.75) is 37.5 Å². The molecule has 2 aromatic carbocycles. The predicted molar refractivity (Wildman–Crippen MR) is 142 cm³/mol. The van der Waals surface area contributed by atoms with Gasteiger partial charge in [-0.05, 0) is 35.2 Å². The molecule has 5 rings (SSSR count). The van der Waals surface area contributed by atoms with Crippen LogP contribution in [0.15, 0.2) is 82.6 Å². The molecule has 1 amide bonds. The van der Waals surface area contributed by atoms with Gasteiger partial charge in [-0.1, -0.05) is 50.2 Å². The number of nitrogens with zero attached hydrogens (tertiary/aromatic N) is 3. The van der Waals surface area contributed by atoms with Crippen LogP contribution in [0.1, 0.15) is 53.2 Å². The molecule has 0 saturated carbocycles. The van der Waals surface area contributed by atoms with Crippen LogP contribution < -0.4 is 10.3 Å². The predicted octanol–water partition coefficient (Wildman–Crippen LogP) is 3.25. The summed E-state index contributed by atoms with van der Waals surface area (Å²) in [6, 6.07) is 18.4. The summed E-state index contributed by atoms with van der Waals surface area (Å²) in [6.45, 7) is 4.49. The minimum Gasteiger partial charge on any atom is -0.491 e. The third-order valence-corrected chi connectivity index (χ3v) is 8.13. The SMILES string of the molecule is CC(C)c1cc(OCCOCc2ccccc2)cc2c1C(=O)N(C(O)c1cc(=O)n3ccccc3n1)S2(=O)=O. The number of amides is 1. The van der Waals surface area contributed by atoms with Crippen molar-refractivity contribution in [2.24, 2.45) is 0 Å². The molecule has 3 heterocycles. The molecule has 0 radical (unpaired) electrons. The van der Waals surface area contributed by atoms with Gasteiger partial charge in [-0.2, -0.15) is 4.31 Å². The highest BCUT2D eigenvalue weighted by atomic mass is 32.2. The van der Waals surface area contributed by atoms with Crippen molar-refractivity contribution in [1.29, 1.82) is 0 Å². The maximum absolute atomic E-state index is 13.6. The molecule has 10 nitrogen and oxygen atoms in total. The molecular weight excluding hydrogens is 522 g/mol. The molecule has 1 aliphatic heterocycles. The number of ether oxygens (including phenoxy) is 2. The lowest BCUT2D eigenvalue weighted by atomic mass is 9.96. The van der Waals surface area contributed by atoms with Crippen LogP contribution in [0.5, 0.6) is 5.75 Å². The van der Waals surface area contributed by atoms with E-state index in [1.807, 2.05) is 44.2 Å². The van der Waals surface area contributed by atoms with E-state index in [1.54, 1.807) is 18.2 Å². The molecule has 0 fully saturated rings. The summed E-state index contributed by atoms with van der Waals surface area (Å²) in [5, 5.41) is 11.0. The Hall–Kier alpha value is -4.06.